The second kappa shape index (κ2) is 8.07. The fourth-order valence-electron chi connectivity index (χ4n) is 3.22. The van der Waals surface area contributed by atoms with Gasteiger partial charge in [0.15, 0.2) is 0 Å². The molecule has 2 heterocycles. The van der Waals surface area contributed by atoms with E-state index in [0.717, 1.165) is 37.8 Å². The number of piperazine rings is 1. The highest BCUT2D eigenvalue weighted by molar-refractivity contribution is 5.96. The van der Waals surface area contributed by atoms with Crippen molar-refractivity contribution < 1.29 is 4.79 Å². The van der Waals surface area contributed by atoms with E-state index in [2.05, 4.69) is 19.8 Å². The largest absolute Gasteiger partial charge is 0.338 e. The van der Waals surface area contributed by atoms with Crippen molar-refractivity contribution in [3.05, 3.63) is 48.8 Å². The quantitative estimate of drug-likeness (QED) is 0.834. The van der Waals surface area contributed by atoms with E-state index in [0.29, 0.717) is 6.54 Å². The van der Waals surface area contributed by atoms with E-state index < -0.39 is 0 Å². The molecule has 0 aliphatic carbocycles. The molecule has 3 rings (SSSR count). The van der Waals surface area contributed by atoms with E-state index in [9.17, 15) is 4.79 Å². The number of anilines is 2. The number of carbonyl (C=O) groups excluding carboxylic acids is 1. The Morgan fingerprint density at radius 2 is 1.72 bits per heavy atom. The van der Waals surface area contributed by atoms with Crippen LogP contribution in [0.5, 0.6) is 0 Å². The minimum Gasteiger partial charge on any atom is -0.338 e. The normalized spacial score (nSPS) is 16.5. The average Bonchev–Trinajstić information content (AvgIpc) is 2.69. The van der Waals surface area contributed by atoms with E-state index in [-0.39, 0.29) is 11.9 Å². The third kappa shape index (κ3) is 3.96. The van der Waals surface area contributed by atoms with Gasteiger partial charge in [-0.15, -0.1) is 0 Å². The van der Waals surface area contributed by atoms with Crippen LogP contribution < -0.4 is 9.80 Å². The molecule has 6 heteroatoms. The van der Waals surface area contributed by atoms with E-state index in [4.69, 9.17) is 0 Å². The summed E-state index contributed by atoms with van der Waals surface area (Å²) in [4.78, 5) is 27.9. The predicted molar refractivity (Wildman–Crippen MR) is 99.7 cm³/mol. The maximum absolute atomic E-state index is 13.0. The first kappa shape index (κ1) is 17.4. The van der Waals surface area contributed by atoms with E-state index in [1.165, 1.54) is 0 Å². The number of benzene rings is 1. The second-order valence-electron chi connectivity index (χ2n) is 6.17. The molecule has 0 radical (unpaired) electrons. The summed E-state index contributed by atoms with van der Waals surface area (Å²) < 4.78 is 0. The molecule has 1 aromatic carbocycles. The van der Waals surface area contributed by atoms with Gasteiger partial charge in [-0.25, -0.2) is 9.97 Å². The van der Waals surface area contributed by atoms with E-state index >= 15 is 0 Å². The number of rotatable bonds is 5. The van der Waals surface area contributed by atoms with Gasteiger partial charge in [0.05, 0.1) is 6.04 Å². The monoisotopic (exact) mass is 339 g/mol. The van der Waals surface area contributed by atoms with E-state index in [1.807, 2.05) is 55.1 Å². The van der Waals surface area contributed by atoms with Crippen molar-refractivity contribution in [1.29, 1.82) is 0 Å². The number of aromatic nitrogens is 2. The van der Waals surface area contributed by atoms with Crippen molar-refractivity contribution >= 4 is 17.5 Å². The van der Waals surface area contributed by atoms with Gasteiger partial charge in [-0.1, -0.05) is 18.2 Å². The number of hydrogen-bond donors (Lipinski definition) is 0. The van der Waals surface area contributed by atoms with Crippen molar-refractivity contribution in [2.45, 2.75) is 19.9 Å². The van der Waals surface area contributed by atoms with Gasteiger partial charge < -0.3 is 9.80 Å². The zero-order valence-corrected chi connectivity index (χ0v) is 14.9. The van der Waals surface area contributed by atoms with Gasteiger partial charge in [-0.05, 0) is 32.0 Å². The van der Waals surface area contributed by atoms with Crippen LogP contribution in [0.15, 0.2) is 48.8 Å². The maximum Gasteiger partial charge on any atom is 0.244 e. The first-order valence-electron chi connectivity index (χ1n) is 8.83. The highest BCUT2D eigenvalue weighted by Crippen LogP contribution is 2.18. The van der Waals surface area contributed by atoms with Crippen LogP contribution in [0.25, 0.3) is 0 Å². The second-order valence-corrected chi connectivity index (χ2v) is 6.17. The van der Waals surface area contributed by atoms with Gasteiger partial charge in [0.25, 0.3) is 0 Å². The Morgan fingerprint density at radius 1 is 1.08 bits per heavy atom. The number of para-hydroxylation sites is 1. The molecule has 6 nitrogen and oxygen atoms in total. The molecule has 0 saturated carbocycles. The number of nitrogens with zero attached hydrogens (tertiary/aromatic N) is 5. The van der Waals surface area contributed by atoms with Crippen LogP contribution in [-0.2, 0) is 4.79 Å². The summed E-state index contributed by atoms with van der Waals surface area (Å²) in [5.74, 6) is 0.915. The molecule has 0 N–H and O–H groups in total. The minimum atomic E-state index is -0.140. The molecule has 1 aliphatic heterocycles. The van der Waals surface area contributed by atoms with Crippen LogP contribution >= 0.6 is 0 Å². The van der Waals surface area contributed by atoms with Gasteiger partial charge in [-0.2, -0.15) is 0 Å². The molecule has 1 aromatic heterocycles. The van der Waals surface area contributed by atoms with Crippen molar-refractivity contribution in [3.8, 4) is 0 Å². The molecule has 0 bridgehead atoms. The summed E-state index contributed by atoms with van der Waals surface area (Å²) in [6, 6.07) is 11.6. The summed E-state index contributed by atoms with van der Waals surface area (Å²) in [6.07, 6.45) is 3.53. The molecule has 1 amide bonds. The standard InChI is InChI=1S/C19H25N5O/c1-3-24(17-8-5-4-6-9-17)18(25)16(2)22-12-14-23(15-13-22)19-20-10-7-11-21-19/h4-11,16H,3,12-15H2,1-2H3/t16-/m1/s1. The molecule has 0 spiro atoms. The third-order valence-electron chi connectivity index (χ3n) is 4.70. The lowest BCUT2D eigenvalue weighted by atomic mass is 10.2. The third-order valence-corrected chi connectivity index (χ3v) is 4.70. The van der Waals surface area contributed by atoms with Gasteiger partial charge in [0.1, 0.15) is 0 Å². The van der Waals surface area contributed by atoms with Crippen molar-refractivity contribution in [1.82, 2.24) is 14.9 Å². The first-order chi connectivity index (χ1) is 12.2. The SMILES string of the molecule is CCN(C(=O)[C@@H](C)N1CCN(c2ncccn2)CC1)c1ccccc1. The van der Waals surface area contributed by atoms with Crippen LogP contribution in [0.3, 0.4) is 0 Å². The molecular weight excluding hydrogens is 314 g/mol. The zero-order valence-electron chi connectivity index (χ0n) is 14.9. The summed E-state index contributed by atoms with van der Waals surface area (Å²) >= 11 is 0. The molecule has 1 aliphatic rings. The van der Waals surface area contributed by atoms with Gasteiger partial charge in [0, 0.05) is 50.8 Å². The fourth-order valence-corrected chi connectivity index (χ4v) is 3.22. The topological polar surface area (TPSA) is 52.6 Å². The summed E-state index contributed by atoms with van der Waals surface area (Å²) in [7, 11) is 0. The molecule has 1 atom stereocenters. The Hall–Kier alpha value is -2.47. The summed E-state index contributed by atoms with van der Waals surface area (Å²) in [5, 5.41) is 0. The smallest absolute Gasteiger partial charge is 0.244 e. The molecule has 2 aromatic rings. The predicted octanol–water partition coefficient (Wildman–Crippen LogP) is 2.04. The van der Waals surface area contributed by atoms with Crippen LogP contribution in [-0.4, -0.2) is 59.5 Å². The number of hydrogen-bond acceptors (Lipinski definition) is 5. The molecule has 1 saturated heterocycles. The minimum absolute atomic E-state index is 0.140. The van der Waals surface area contributed by atoms with Crippen LogP contribution in [0.1, 0.15) is 13.8 Å². The maximum atomic E-state index is 13.0. The Labute approximate surface area is 149 Å². The van der Waals surface area contributed by atoms with Gasteiger partial charge >= 0.3 is 0 Å². The zero-order chi connectivity index (χ0) is 17.6. The van der Waals surface area contributed by atoms with E-state index in [1.54, 1.807) is 12.4 Å². The number of carbonyl (C=O) groups is 1. The lowest BCUT2D eigenvalue weighted by molar-refractivity contribution is -0.123. The van der Waals surface area contributed by atoms with Crippen molar-refractivity contribution in [3.63, 3.8) is 0 Å². The molecule has 132 valence electrons. The average molecular weight is 339 g/mol. The lowest BCUT2D eigenvalue weighted by Crippen LogP contribution is -2.55. The Bertz CT molecular complexity index is 671. The Morgan fingerprint density at radius 3 is 2.32 bits per heavy atom. The van der Waals surface area contributed by atoms with Gasteiger partial charge in [0.2, 0.25) is 11.9 Å². The summed E-state index contributed by atoms with van der Waals surface area (Å²) in [5.41, 5.74) is 0.957. The Kier molecular flexibility index (Phi) is 5.60. The fraction of sp³-hybridized carbons (Fsp3) is 0.421. The van der Waals surface area contributed by atoms with Crippen LogP contribution in [0.2, 0.25) is 0 Å². The molecule has 1 fully saturated rings. The first-order valence-corrected chi connectivity index (χ1v) is 8.83. The lowest BCUT2D eigenvalue weighted by Gasteiger charge is -2.38. The highest BCUT2D eigenvalue weighted by atomic mass is 16.2. The van der Waals surface area contributed by atoms with Crippen LogP contribution in [0.4, 0.5) is 11.6 Å². The molecule has 25 heavy (non-hydrogen) atoms. The number of amides is 1. The van der Waals surface area contributed by atoms with Crippen molar-refractivity contribution in [2.75, 3.05) is 42.5 Å². The highest BCUT2D eigenvalue weighted by Gasteiger charge is 2.29. The number of likely N-dealkylation sites (N-methyl/N-ethyl adjacent to an activating group) is 1. The summed E-state index contributed by atoms with van der Waals surface area (Å²) in [6.45, 7) is 8.02. The molecular formula is C19H25N5O. The Balaban J connectivity index is 1.62. The molecule has 0 unspecified atom stereocenters. The van der Waals surface area contributed by atoms with Crippen LogP contribution in [0, 0.1) is 0 Å². The van der Waals surface area contributed by atoms with Crippen molar-refractivity contribution in [2.24, 2.45) is 0 Å². The van der Waals surface area contributed by atoms with Gasteiger partial charge in [-0.3, -0.25) is 9.69 Å².